The Hall–Kier alpha value is -2.34. The van der Waals surface area contributed by atoms with Gasteiger partial charge < -0.3 is 15.4 Å². The number of rotatable bonds is 8. The number of carbonyl (C=O) groups excluding carboxylic acids is 1. The van der Waals surface area contributed by atoms with Crippen molar-refractivity contribution >= 4 is 29.0 Å². The van der Waals surface area contributed by atoms with Crippen LogP contribution in [0.3, 0.4) is 0 Å². The first kappa shape index (κ1) is 18.0. The fraction of sp³-hybridized carbons (Fsp3) is 0.353. The van der Waals surface area contributed by atoms with Gasteiger partial charge in [-0.3, -0.25) is 4.79 Å². The van der Waals surface area contributed by atoms with Crippen molar-refractivity contribution in [3.63, 3.8) is 0 Å². The van der Waals surface area contributed by atoms with Crippen LogP contribution in [0.1, 0.15) is 36.7 Å². The Morgan fingerprint density at radius 2 is 2.04 bits per heavy atom. The van der Waals surface area contributed by atoms with Gasteiger partial charge in [0.15, 0.2) is 11.5 Å². The van der Waals surface area contributed by atoms with Gasteiger partial charge in [0.2, 0.25) is 0 Å². The van der Waals surface area contributed by atoms with Crippen LogP contribution >= 0.6 is 11.6 Å². The van der Waals surface area contributed by atoms with Gasteiger partial charge in [0.05, 0.1) is 12.1 Å². The first-order valence-corrected chi connectivity index (χ1v) is 8.24. The van der Waals surface area contributed by atoms with Gasteiger partial charge in [0.25, 0.3) is 5.91 Å². The number of aromatic nitrogens is 2. The topological polar surface area (TPSA) is 76.1 Å². The molecule has 0 aliphatic rings. The van der Waals surface area contributed by atoms with Crippen LogP contribution in [0, 0.1) is 0 Å². The van der Waals surface area contributed by atoms with Crippen molar-refractivity contribution in [2.24, 2.45) is 0 Å². The third-order valence-corrected chi connectivity index (χ3v) is 3.68. The minimum absolute atomic E-state index is 0.211. The third-order valence-electron chi connectivity index (χ3n) is 3.39. The number of ether oxygens (including phenoxy) is 1. The van der Waals surface area contributed by atoms with Crippen LogP contribution in [0.15, 0.2) is 30.3 Å². The SMILES string of the molecule is CCCCCNC(=O)c1ccc(Nc2ccc(OC)c(Cl)c2)nn1. The van der Waals surface area contributed by atoms with Gasteiger partial charge in [-0.1, -0.05) is 31.4 Å². The third kappa shape index (κ3) is 5.09. The second-order valence-corrected chi connectivity index (χ2v) is 5.65. The average molecular weight is 349 g/mol. The summed E-state index contributed by atoms with van der Waals surface area (Å²) >= 11 is 6.08. The predicted octanol–water partition coefficient (Wildman–Crippen LogP) is 3.80. The lowest BCUT2D eigenvalue weighted by molar-refractivity contribution is 0.0947. The van der Waals surface area contributed by atoms with Crippen LogP contribution in [-0.2, 0) is 0 Å². The highest BCUT2D eigenvalue weighted by atomic mass is 35.5. The summed E-state index contributed by atoms with van der Waals surface area (Å²) in [6, 6.07) is 8.65. The summed E-state index contributed by atoms with van der Waals surface area (Å²) in [6.45, 7) is 2.77. The number of anilines is 2. The lowest BCUT2D eigenvalue weighted by atomic mass is 10.2. The van der Waals surface area contributed by atoms with Crippen molar-refractivity contribution in [1.82, 2.24) is 15.5 Å². The van der Waals surface area contributed by atoms with Crippen molar-refractivity contribution < 1.29 is 9.53 Å². The molecule has 1 heterocycles. The van der Waals surface area contributed by atoms with Gasteiger partial charge in [-0.05, 0) is 36.8 Å². The molecule has 0 fully saturated rings. The Kier molecular flexibility index (Phi) is 6.81. The zero-order valence-electron chi connectivity index (χ0n) is 13.8. The summed E-state index contributed by atoms with van der Waals surface area (Å²) in [7, 11) is 1.56. The molecule has 0 saturated heterocycles. The number of benzene rings is 1. The smallest absolute Gasteiger partial charge is 0.271 e. The van der Waals surface area contributed by atoms with E-state index >= 15 is 0 Å². The van der Waals surface area contributed by atoms with Gasteiger partial charge in [-0.15, -0.1) is 10.2 Å². The fourth-order valence-corrected chi connectivity index (χ4v) is 2.34. The Morgan fingerprint density at radius 3 is 2.67 bits per heavy atom. The van der Waals surface area contributed by atoms with Crippen LogP contribution in [0.5, 0.6) is 5.75 Å². The molecular weight excluding hydrogens is 328 g/mol. The summed E-state index contributed by atoms with van der Waals surface area (Å²) < 4.78 is 5.11. The predicted molar refractivity (Wildman–Crippen MR) is 95.2 cm³/mol. The first-order chi connectivity index (χ1) is 11.6. The number of nitrogens with one attached hydrogen (secondary N) is 2. The molecule has 0 bridgehead atoms. The molecule has 0 atom stereocenters. The van der Waals surface area contributed by atoms with Crippen LogP contribution in [0.4, 0.5) is 11.5 Å². The van der Waals surface area contributed by atoms with Crippen LogP contribution in [0.25, 0.3) is 0 Å². The number of amides is 1. The van der Waals surface area contributed by atoms with Crippen molar-refractivity contribution in [1.29, 1.82) is 0 Å². The number of hydrogen-bond donors (Lipinski definition) is 2. The summed E-state index contributed by atoms with van der Waals surface area (Å²) in [4.78, 5) is 11.9. The molecule has 0 aliphatic carbocycles. The van der Waals surface area contributed by atoms with E-state index in [1.807, 2.05) is 6.07 Å². The Morgan fingerprint density at radius 1 is 1.21 bits per heavy atom. The molecule has 0 radical (unpaired) electrons. The zero-order valence-corrected chi connectivity index (χ0v) is 14.6. The van der Waals surface area contributed by atoms with Gasteiger partial charge in [-0.25, -0.2) is 0 Å². The van der Waals surface area contributed by atoms with E-state index in [1.54, 1.807) is 31.4 Å². The molecular formula is C17H21ClN4O2. The van der Waals surface area contributed by atoms with E-state index in [0.29, 0.717) is 28.8 Å². The van der Waals surface area contributed by atoms with E-state index in [4.69, 9.17) is 16.3 Å². The Bertz CT molecular complexity index is 677. The van der Waals surface area contributed by atoms with E-state index in [9.17, 15) is 4.79 Å². The molecule has 0 unspecified atom stereocenters. The molecule has 0 spiro atoms. The standard InChI is InChI=1S/C17H21ClN4O2/c1-3-4-5-10-19-17(23)14-7-9-16(22-21-14)20-12-6-8-15(24-2)13(18)11-12/h6-9,11H,3-5,10H2,1-2H3,(H,19,23)(H,20,22). The van der Waals surface area contributed by atoms with Crippen LogP contribution in [-0.4, -0.2) is 29.8 Å². The van der Waals surface area contributed by atoms with Crippen molar-refractivity contribution in [3.8, 4) is 5.75 Å². The molecule has 2 aromatic rings. The van der Waals surface area contributed by atoms with E-state index in [-0.39, 0.29) is 5.91 Å². The first-order valence-electron chi connectivity index (χ1n) is 7.86. The minimum atomic E-state index is -0.211. The summed E-state index contributed by atoms with van der Waals surface area (Å²) in [5.41, 5.74) is 1.05. The second-order valence-electron chi connectivity index (χ2n) is 5.24. The van der Waals surface area contributed by atoms with Crippen molar-refractivity contribution in [3.05, 3.63) is 41.0 Å². The normalized spacial score (nSPS) is 10.3. The van der Waals surface area contributed by atoms with E-state index in [2.05, 4.69) is 27.8 Å². The van der Waals surface area contributed by atoms with E-state index in [0.717, 1.165) is 24.9 Å². The maximum absolute atomic E-state index is 11.9. The molecule has 24 heavy (non-hydrogen) atoms. The summed E-state index contributed by atoms with van der Waals surface area (Å²) in [5.74, 6) is 0.916. The largest absolute Gasteiger partial charge is 0.495 e. The number of carbonyl (C=O) groups is 1. The van der Waals surface area contributed by atoms with Gasteiger partial charge >= 0.3 is 0 Å². The van der Waals surface area contributed by atoms with Crippen molar-refractivity contribution in [2.75, 3.05) is 19.0 Å². The molecule has 1 aromatic heterocycles. The molecule has 1 amide bonds. The molecule has 0 aliphatic heterocycles. The highest BCUT2D eigenvalue weighted by Gasteiger charge is 2.08. The monoisotopic (exact) mass is 348 g/mol. The summed E-state index contributed by atoms with van der Waals surface area (Å²) in [5, 5.41) is 14.4. The van der Waals surface area contributed by atoms with Gasteiger partial charge in [-0.2, -0.15) is 0 Å². The lowest BCUT2D eigenvalue weighted by Gasteiger charge is -2.08. The maximum atomic E-state index is 11.9. The van der Waals surface area contributed by atoms with Crippen molar-refractivity contribution in [2.45, 2.75) is 26.2 Å². The maximum Gasteiger partial charge on any atom is 0.271 e. The average Bonchev–Trinajstić information content (AvgIpc) is 2.59. The van der Waals surface area contributed by atoms with E-state index in [1.165, 1.54) is 0 Å². The Labute approximate surface area is 146 Å². The molecule has 6 nitrogen and oxygen atoms in total. The lowest BCUT2D eigenvalue weighted by Crippen LogP contribution is -2.25. The van der Waals surface area contributed by atoms with E-state index < -0.39 is 0 Å². The quantitative estimate of drug-likeness (QED) is 0.709. The summed E-state index contributed by atoms with van der Waals surface area (Å²) in [6.07, 6.45) is 3.18. The molecule has 2 N–H and O–H groups in total. The number of methoxy groups -OCH3 is 1. The fourth-order valence-electron chi connectivity index (χ4n) is 2.08. The van der Waals surface area contributed by atoms with Crippen LogP contribution < -0.4 is 15.4 Å². The molecule has 2 rings (SSSR count). The number of nitrogens with zero attached hydrogens (tertiary/aromatic N) is 2. The zero-order chi connectivity index (χ0) is 17.4. The number of hydrogen-bond acceptors (Lipinski definition) is 5. The van der Waals surface area contributed by atoms with Gasteiger partial charge in [0, 0.05) is 12.2 Å². The number of halogens is 1. The van der Waals surface area contributed by atoms with Gasteiger partial charge in [0.1, 0.15) is 5.75 Å². The van der Waals surface area contributed by atoms with Crippen LogP contribution in [0.2, 0.25) is 5.02 Å². The highest BCUT2D eigenvalue weighted by molar-refractivity contribution is 6.32. The number of unbranched alkanes of at least 4 members (excludes halogenated alkanes) is 2. The Balaban J connectivity index is 1.94. The molecule has 1 aromatic carbocycles. The molecule has 128 valence electrons. The highest BCUT2D eigenvalue weighted by Crippen LogP contribution is 2.28. The molecule has 7 heteroatoms. The minimum Gasteiger partial charge on any atom is -0.495 e. The molecule has 0 saturated carbocycles. The second kappa shape index (κ2) is 9.08.